The van der Waals surface area contributed by atoms with Crippen molar-refractivity contribution in [2.45, 2.75) is 53.0 Å². The van der Waals surface area contributed by atoms with Crippen LogP contribution in [0.5, 0.6) is 0 Å². The molecule has 0 amide bonds. The number of hydrogen-bond donors (Lipinski definition) is 1. The van der Waals surface area contributed by atoms with E-state index in [1.54, 1.807) is 4.31 Å². The van der Waals surface area contributed by atoms with Gasteiger partial charge in [-0.05, 0) is 30.7 Å². The molecule has 0 saturated heterocycles. The lowest BCUT2D eigenvalue weighted by molar-refractivity contribution is 0.272. The van der Waals surface area contributed by atoms with Crippen LogP contribution in [0.2, 0.25) is 0 Å². The Bertz CT molecular complexity index is 360. The molecule has 2 unspecified atom stereocenters. The zero-order chi connectivity index (χ0) is 14.0. The number of hydrogen-bond acceptors (Lipinski definition) is 3. The zero-order valence-corrected chi connectivity index (χ0v) is 13.0. The average molecular weight is 276 g/mol. The highest BCUT2D eigenvalue weighted by atomic mass is 32.2. The average Bonchev–Trinajstić information content (AvgIpc) is 2.62. The Hall–Kier alpha value is -0.130. The topological polar surface area (TPSA) is 63.4 Å². The maximum Gasteiger partial charge on any atom is 0.214 e. The molecule has 1 fully saturated rings. The molecule has 1 rings (SSSR count). The van der Waals surface area contributed by atoms with Crippen molar-refractivity contribution in [1.29, 1.82) is 0 Å². The van der Waals surface area contributed by atoms with Gasteiger partial charge in [0.25, 0.3) is 0 Å². The summed E-state index contributed by atoms with van der Waals surface area (Å²) in [6.07, 6.45) is 3.11. The molecular formula is C13H28N2O2S. The molecule has 1 aliphatic rings. The molecule has 0 heterocycles. The van der Waals surface area contributed by atoms with Gasteiger partial charge in [0.15, 0.2) is 0 Å². The van der Waals surface area contributed by atoms with Crippen molar-refractivity contribution >= 4 is 10.0 Å². The van der Waals surface area contributed by atoms with E-state index in [1.165, 1.54) is 0 Å². The lowest BCUT2D eigenvalue weighted by Gasteiger charge is -2.33. The quantitative estimate of drug-likeness (QED) is 0.833. The van der Waals surface area contributed by atoms with E-state index in [2.05, 4.69) is 0 Å². The van der Waals surface area contributed by atoms with E-state index < -0.39 is 10.0 Å². The van der Waals surface area contributed by atoms with Crippen LogP contribution < -0.4 is 5.73 Å². The molecule has 2 atom stereocenters. The fourth-order valence-electron chi connectivity index (χ4n) is 2.94. The summed E-state index contributed by atoms with van der Waals surface area (Å²) in [7, 11) is -3.18. The highest BCUT2D eigenvalue weighted by Crippen LogP contribution is 2.32. The smallest absolute Gasteiger partial charge is 0.214 e. The van der Waals surface area contributed by atoms with Crippen molar-refractivity contribution in [3.63, 3.8) is 0 Å². The third-order valence-corrected chi connectivity index (χ3v) is 6.05. The summed E-state index contributed by atoms with van der Waals surface area (Å²) in [5.74, 6) is 0.543. The molecule has 0 bridgehead atoms. The Labute approximate surface area is 112 Å². The number of sulfonamides is 1. The first-order valence-electron chi connectivity index (χ1n) is 6.91. The molecule has 5 heteroatoms. The van der Waals surface area contributed by atoms with E-state index in [1.807, 2.05) is 27.7 Å². The molecule has 0 aliphatic heterocycles. The SMILES string of the molecule is CCN(C1CCCC1CN)S(=O)(=O)CC(C)(C)C. The summed E-state index contributed by atoms with van der Waals surface area (Å²) in [5, 5.41) is 0. The summed E-state index contributed by atoms with van der Waals surface area (Å²) >= 11 is 0. The van der Waals surface area contributed by atoms with Gasteiger partial charge >= 0.3 is 0 Å². The van der Waals surface area contributed by atoms with Crippen LogP contribution in [0.4, 0.5) is 0 Å². The fraction of sp³-hybridized carbons (Fsp3) is 1.00. The van der Waals surface area contributed by atoms with Crippen LogP contribution >= 0.6 is 0 Å². The standard InChI is InChI=1S/C13H28N2O2S/c1-5-15(12-8-6-7-11(12)9-14)18(16,17)10-13(2,3)4/h11-12H,5-10,14H2,1-4H3. The summed E-state index contributed by atoms with van der Waals surface area (Å²) in [5.41, 5.74) is 5.56. The van der Waals surface area contributed by atoms with Crippen molar-refractivity contribution in [3.8, 4) is 0 Å². The molecule has 1 saturated carbocycles. The normalized spacial score (nSPS) is 25.9. The molecule has 0 aromatic carbocycles. The summed E-state index contributed by atoms with van der Waals surface area (Å²) in [4.78, 5) is 0. The molecule has 18 heavy (non-hydrogen) atoms. The van der Waals surface area contributed by atoms with Crippen LogP contribution in [0.1, 0.15) is 47.0 Å². The highest BCUT2D eigenvalue weighted by Gasteiger charge is 2.38. The number of nitrogens with two attached hydrogens (primary N) is 1. The van der Waals surface area contributed by atoms with E-state index in [4.69, 9.17) is 5.73 Å². The minimum atomic E-state index is -3.18. The van der Waals surface area contributed by atoms with Crippen molar-refractivity contribution in [2.75, 3.05) is 18.8 Å². The van der Waals surface area contributed by atoms with Crippen molar-refractivity contribution in [2.24, 2.45) is 17.1 Å². The predicted octanol–water partition coefficient (Wildman–Crippen LogP) is 1.81. The molecule has 0 spiro atoms. The van der Waals surface area contributed by atoms with Crippen LogP contribution in [0, 0.1) is 11.3 Å². The van der Waals surface area contributed by atoms with E-state index in [0.29, 0.717) is 19.0 Å². The molecule has 2 N–H and O–H groups in total. The monoisotopic (exact) mass is 276 g/mol. The molecule has 108 valence electrons. The first-order valence-corrected chi connectivity index (χ1v) is 8.52. The Balaban J connectivity index is 2.89. The van der Waals surface area contributed by atoms with Gasteiger partial charge in [0.2, 0.25) is 10.0 Å². The van der Waals surface area contributed by atoms with E-state index >= 15 is 0 Å². The Morgan fingerprint density at radius 2 is 1.89 bits per heavy atom. The minimum Gasteiger partial charge on any atom is -0.330 e. The van der Waals surface area contributed by atoms with E-state index in [9.17, 15) is 8.42 Å². The van der Waals surface area contributed by atoms with Crippen molar-refractivity contribution in [3.05, 3.63) is 0 Å². The van der Waals surface area contributed by atoms with Crippen LogP contribution in [0.15, 0.2) is 0 Å². The lowest BCUT2D eigenvalue weighted by atomic mass is 10.0. The van der Waals surface area contributed by atoms with Crippen LogP contribution in [-0.4, -0.2) is 37.6 Å². The number of rotatable bonds is 5. The van der Waals surface area contributed by atoms with Gasteiger partial charge in [-0.15, -0.1) is 0 Å². The third kappa shape index (κ3) is 3.93. The second-order valence-corrected chi connectivity index (χ2v) is 8.44. The second kappa shape index (κ2) is 5.88. The summed E-state index contributed by atoms with van der Waals surface area (Å²) in [6.45, 7) is 8.96. The van der Waals surface area contributed by atoms with Gasteiger partial charge in [-0.2, -0.15) is 4.31 Å². The Kier molecular flexibility index (Phi) is 5.21. The second-order valence-electron chi connectivity index (χ2n) is 6.51. The maximum atomic E-state index is 12.5. The van der Waals surface area contributed by atoms with Crippen LogP contribution in [0.25, 0.3) is 0 Å². The van der Waals surface area contributed by atoms with Crippen LogP contribution in [0.3, 0.4) is 0 Å². The molecular weight excluding hydrogens is 248 g/mol. The van der Waals surface area contributed by atoms with Gasteiger partial charge < -0.3 is 5.73 Å². The van der Waals surface area contributed by atoms with Crippen LogP contribution in [-0.2, 0) is 10.0 Å². The molecule has 0 radical (unpaired) electrons. The number of nitrogens with zero attached hydrogens (tertiary/aromatic N) is 1. The third-order valence-electron chi connectivity index (χ3n) is 3.58. The predicted molar refractivity (Wildman–Crippen MR) is 75.8 cm³/mol. The fourth-order valence-corrected chi connectivity index (χ4v) is 5.28. The Morgan fingerprint density at radius 3 is 2.33 bits per heavy atom. The van der Waals surface area contributed by atoms with Crippen molar-refractivity contribution in [1.82, 2.24) is 4.31 Å². The summed E-state index contributed by atoms with van der Waals surface area (Å²) < 4.78 is 26.7. The minimum absolute atomic E-state index is 0.118. The van der Waals surface area contributed by atoms with E-state index in [-0.39, 0.29) is 17.2 Å². The first kappa shape index (κ1) is 15.9. The van der Waals surface area contributed by atoms with Gasteiger partial charge in [0, 0.05) is 12.6 Å². The molecule has 1 aliphatic carbocycles. The largest absolute Gasteiger partial charge is 0.330 e. The first-order chi connectivity index (χ1) is 8.21. The van der Waals surface area contributed by atoms with E-state index in [0.717, 1.165) is 19.3 Å². The lowest BCUT2D eigenvalue weighted by Crippen LogP contribution is -2.46. The molecule has 0 aromatic rings. The Morgan fingerprint density at radius 1 is 1.28 bits per heavy atom. The van der Waals surface area contributed by atoms with Gasteiger partial charge in [0.1, 0.15) is 0 Å². The molecule has 0 aromatic heterocycles. The van der Waals surface area contributed by atoms with Crippen molar-refractivity contribution < 1.29 is 8.42 Å². The maximum absolute atomic E-state index is 12.5. The van der Waals surface area contributed by atoms with Gasteiger partial charge in [0.05, 0.1) is 5.75 Å². The summed E-state index contributed by atoms with van der Waals surface area (Å²) in [6, 6.07) is 0.118. The van der Waals surface area contributed by atoms with Gasteiger partial charge in [-0.25, -0.2) is 8.42 Å². The highest BCUT2D eigenvalue weighted by molar-refractivity contribution is 7.89. The zero-order valence-electron chi connectivity index (χ0n) is 12.1. The molecule has 4 nitrogen and oxygen atoms in total. The van der Waals surface area contributed by atoms with Gasteiger partial charge in [-0.1, -0.05) is 34.1 Å². The van der Waals surface area contributed by atoms with Gasteiger partial charge in [-0.3, -0.25) is 0 Å².